The van der Waals surface area contributed by atoms with Crippen LogP contribution in [0.25, 0.3) is 0 Å². The van der Waals surface area contributed by atoms with Crippen LogP contribution in [-0.4, -0.2) is 36.9 Å². The normalized spacial score (nSPS) is 25.6. The van der Waals surface area contributed by atoms with E-state index in [0.29, 0.717) is 31.4 Å². The van der Waals surface area contributed by atoms with Gasteiger partial charge in [-0.2, -0.15) is 0 Å². The van der Waals surface area contributed by atoms with Crippen molar-refractivity contribution in [2.75, 3.05) is 6.54 Å². The Hall–Kier alpha value is -1.59. The van der Waals surface area contributed by atoms with Crippen LogP contribution in [0.1, 0.15) is 51.2 Å². The fraction of sp³-hybridized carbons (Fsp3) is 0.650. The minimum Gasteiger partial charge on any atom is -0.374 e. The van der Waals surface area contributed by atoms with E-state index in [4.69, 9.17) is 14.5 Å². The molecule has 0 aromatic heterocycles. The molecule has 2 heterocycles. The summed E-state index contributed by atoms with van der Waals surface area (Å²) >= 11 is 0. The van der Waals surface area contributed by atoms with Gasteiger partial charge in [-0.15, -0.1) is 0 Å². The van der Waals surface area contributed by atoms with Crippen molar-refractivity contribution in [2.45, 2.75) is 77.5 Å². The van der Waals surface area contributed by atoms with Gasteiger partial charge in [-0.3, -0.25) is 0 Å². The second-order valence-corrected chi connectivity index (χ2v) is 7.24. The molecule has 5 nitrogen and oxygen atoms in total. The molecule has 0 radical (unpaired) electrons. The highest BCUT2D eigenvalue weighted by Crippen LogP contribution is 2.34. The molecule has 1 aromatic rings. The zero-order valence-corrected chi connectivity index (χ0v) is 15.6. The van der Waals surface area contributed by atoms with Crippen LogP contribution in [0, 0.1) is 0 Å². The fourth-order valence-corrected chi connectivity index (χ4v) is 3.54. The fourth-order valence-electron chi connectivity index (χ4n) is 3.54. The zero-order chi connectivity index (χ0) is 17.6. The molecule has 3 unspecified atom stereocenters. The van der Waals surface area contributed by atoms with Crippen LogP contribution < -0.4 is 10.6 Å². The van der Waals surface area contributed by atoms with Crippen molar-refractivity contribution in [1.29, 1.82) is 0 Å². The number of hydrogen-bond donors (Lipinski definition) is 2. The summed E-state index contributed by atoms with van der Waals surface area (Å²) < 4.78 is 11.6. The van der Waals surface area contributed by atoms with Crippen LogP contribution in [-0.2, 0) is 22.6 Å². The van der Waals surface area contributed by atoms with Gasteiger partial charge in [-0.1, -0.05) is 24.3 Å². The van der Waals surface area contributed by atoms with Crippen LogP contribution >= 0.6 is 0 Å². The Morgan fingerprint density at radius 3 is 2.84 bits per heavy atom. The summed E-state index contributed by atoms with van der Waals surface area (Å²) in [5.74, 6) is 0.882. The molecule has 2 N–H and O–H groups in total. The van der Waals surface area contributed by atoms with Gasteiger partial charge in [0.15, 0.2) is 5.96 Å². The standard InChI is InChI=1S/C20H31N3O2/c1-4-21-20(23-18-11-17-8-9-19(18)25-17)22-12-15-6-5-7-16(10-15)13-24-14(2)3/h5-7,10,14,17-19H,4,8-9,11-13H2,1-3H3,(H2,21,22,23). The second kappa shape index (κ2) is 8.68. The van der Waals surface area contributed by atoms with Crippen molar-refractivity contribution in [3.05, 3.63) is 35.4 Å². The minimum absolute atomic E-state index is 0.246. The number of guanidine groups is 1. The molecule has 2 aliphatic heterocycles. The van der Waals surface area contributed by atoms with Crippen molar-refractivity contribution < 1.29 is 9.47 Å². The molecular formula is C20H31N3O2. The number of benzene rings is 1. The number of ether oxygens (including phenoxy) is 2. The molecule has 5 heteroatoms. The molecule has 1 aromatic carbocycles. The maximum atomic E-state index is 5.93. The first-order chi connectivity index (χ1) is 12.1. The van der Waals surface area contributed by atoms with Gasteiger partial charge in [-0.25, -0.2) is 4.99 Å². The van der Waals surface area contributed by atoms with E-state index in [1.165, 1.54) is 24.0 Å². The van der Waals surface area contributed by atoms with Crippen LogP contribution in [0.15, 0.2) is 29.3 Å². The summed E-state index contributed by atoms with van der Waals surface area (Å²) in [4.78, 5) is 4.77. The number of hydrogen-bond acceptors (Lipinski definition) is 3. The average Bonchev–Trinajstić information content (AvgIpc) is 3.21. The number of nitrogens with zero attached hydrogens (tertiary/aromatic N) is 1. The summed E-state index contributed by atoms with van der Waals surface area (Å²) in [7, 11) is 0. The van der Waals surface area contributed by atoms with Crippen LogP contribution in [0.2, 0.25) is 0 Å². The quantitative estimate of drug-likeness (QED) is 0.589. The maximum Gasteiger partial charge on any atom is 0.191 e. The molecule has 0 amide bonds. The number of nitrogens with one attached hydrogen (secondary N) is 2. The van der Waals surface area contributed by atoms with Gasteiger partial charge in [0.25, 0.3) is 0 Å². The highest BCUT2D eigenvalue weighted by Gasteiger charge is 2.41. The molecule has 0 saturated carbocycles. The van der Waals surface area contributed by atoms with E-state index in [2.05, 4.69) is 55.7 Å². The van der Waals surface area contributed by atoms with Crippen molar-refractivity contribution >= 4 is 5.96 Å². The van der Waals surface area contributed by atoms with E-state index in [1.807, 2.05) is 0 Å². The Bertz CT molecular complexity index is 588. The lowest BCUT2D eigenvalue weighted by molar-refractivity contribution is 0.0657. The molecule has 138 valence electrons. The van der Waals surface area contributed by atoms with Gasteiger partial charge in [0.05, 0.1) is 37.5 Å². The topological polar surface area (TPSA) is 54.9 Å². The molecule has 3 atom stereocenters. The van der Waals surface area contributed by atoms with Crippen molar-refractivity contribution in [3.8, 4) is 0 Å². The van der Waals surface area contributed by atoms with Crippen molar-refractivity contribution in [3.63, 3.8) is 0 Å². The molecule has 2 fully saturated rings. The third kappa shape index (κ3) is 5.19. The van der Waals surface area contributed by atoms with Crippen molar-refractivity contribution in [2.24, 2.45) is 4.99 Å². The van der Waals surface area contributed by atoms with Crippen LogP contribution in [0.4, 0.5) is 0 Å². The highest BCUT2D eigenvalue weighted by molar-refractivity contribution is 5.80. The van der Waals surface area contributed by atoms with Gasteiger partial charge < -0.3 is 20.1 Å². The third-order valence-electron chi connectivity index (χ3n) is 4.77. The summed E-state index contributed by atoms with van der Waals surface area (Å²) in [5.41, 5.74) is 2.40. The number of aliphatic imine (C=N–C) groups is 1. The minimum atomic E-state index is 0.246. The van der Waals surface area contributed by atoms with E-state index in [0.717, 1.165) is 18.9 Å². The van der Waals surface area contributed by atoms with Gasteiger partial charge >= 0.3 is 0 Å². The zero-order valence-electron chi connectivity index (χ0n) is 15.6. The Kier molecular flexibility index (Phi) is 6.32. The molecule has 3 rings (SSSR count). The van der Waals surface area contributed by atoms with E-state index in [-0.39, 0.29) is 6.10 Å². The van der Waals surface area contributed by atoms with Gasteiger partial charge in [-0.05, 0) is 51.2 Å². The molecule has 2 bridgehead atoms. The maximum absolute atomic E-state index is 5.93. The average molecular weight is 345 g/mol. The molecule has 25 heavy (non-hydrogen) atoms. The highest BCUT2D eigenvalue weighted by atomic mass is 16.5. The summed E-state index contributed by atoms with van der Waals surface area (Å²) in [5, 5.41) is 6.92. The first kappa shape index (κ1) is 18.2. The van der Waals surface area contributed by atoms with E-state index < -0.39 is 0 Å². The van der Waals surface area contributed by atoms with Crippen LogP contribution in [0.3, 0.4) is 0 Å². The van der Waals surface area contributed by atoms with E-state index in [9.17, 15) is 0 Å². The smallest absolute Gasteiger partial charge is 0.191 e. The number of rotatable bonds is 7. The SMILES string of the molecule is CCNC(=NCc1cccc(COC(C)C)c1)NC1CC2CCC1O2. The Morgan fingerprint density at radius 1 is 1.32 bits per heavy atom. The Morgan fingerprint density at radius 2 is 2.16 bits per heavy atom. The van der Waals surface area contributed by atoms with Crippen LogP contribution in [0.5, 0.6) is 0 Å². The summed E-state index contributed by atoms with van der Waals surface area (Å²) in [6.45, 7) is 8.38. The largest absolute Gasteiger partial charge is 0.374 e. The molecule has 0 aliphatic carbocycles. The van der Waals surface area contributed by atoms with Gasteiger partial charge in [0.2, 0.25) is 0 Å². The molecule has 2 saturated heterocycles. The molecular weight excluding hydrogens is 314 g/mol. The van der Waals surface area contributed by atoms with E-state index >= 15 is 0 Å². The van der Waals surface area contributed by atoms with E-state index in [1.54, 1.807) is 0 Å². The lowest BCUT2D eigenvalue weighted by Crippen LogP contribution is -2.47. The molecule has 2 aliphatic rings. The Labute approximate surface area is 151 Å². The third-order valence-corrected chi connectivity index (χ3v) is 4.77. The monoisotopic (exact) mass is 345 g/mol. The summed E-state index contributed by atoms with van der Waals surface area (Å²) in [6.07, 6.45) is 4.52. The predicted octanol–water partition coefficient (Wildman–Crippen LogP) is 2.99. The lowest BCUT2D eigenvalue weighted by atomic mass is 9.96. The number of fused-ring (bicyclic) bond motifs is 2. The van der Waals surface area contributed by atoms with Gasteiger partial charge in [0.1, 0.15) is 0 Å². The van der Waals surface area contributed by atoms with Gasteiger partial charge in [0, 0.05) is 6.54 Å². The predicted molar refractivity (Wildman–Crippen MR) is 101 cm³/mol. The first-order valence-electron chi connectivity index (χ1n) is 9.53. The Balaban J connectivity index is 1.58. The second-order valence-electron chi connectivity index (χ2n) is 7.24. The summed E-state index contributed by atoms with van der Waals surface area (Å²) in [6, 6.07) is 8.87. The lowest BCUT2D eigenvalue weighted by Gasteiger charge is -2.22. The van der Waals surface area contributed by atoms with Crippen molar-refractivity contribution in [1.82, 2.24) is 10.6 Å². The first-order valence-corrected chi connectivity index (χ1v) is 9.53. The molecule has 0 spiro atoms.